The van der Waals surface area contributed by atoms with Gasteiger partial charge in [0.05, 0.1) is 17.8 Å². The molecule has 1 aromatic carbocycles. The molecule has 116 valence electrons. The van der Waals surface area contributed by atoms with Crippen molar-refractivity contribution in [2.24, 2.45) is 17.6 Å². The van der Waals surface area contributed by atoms with Gasteiger partial charge in [0.15, 0.2) is 0 Å². The zero-order valence-corrected chi connectivity index (χ0v) is 13.3. The molecule has 0 saturated heterocycles. The summed E-state index contributed by atoms with van der Waals surface area (Å²) in [6.07, 6.45) is 4.82. The lowest BCUT2D eigenvalue weighted by molar-refractivity contribution is 0.158. The number of anilines is 1. The normalized spacial score (nSPS) is 33.0. The average molecular weight is 288 g/mol. The second-order valence-electron chi connectivity index (χ2n) is 6.91. The molecule has 0 bridgehead atoms. The number of rotatable bonds is 2. The quantitative estimate of drug-likeness (QED) is 0.906. The van der Waals surface area contributed by atoms with Crippen LogP contribution in [0.5, 0.6) is 5.75 Å². The van der Waals surface area contributed by atoms with Crippen molar-refractivity contribution < 1.29 is 4.74 Å². The molecule has 0 radical (unpaired) electrons. The lowest BCUT2D eigenvalue weighted by atomic mass is 9.68. The van der Waals surface area contributed by atoms with E-state index in [1.165, 1.54) is 24.9 Å². The van der Waals surface area contributed by atoms with Crippen molar-refractivity contribution in [1.82, 2.24) is 0 Å². The molecule has 1 aromatic rings. The Balaban J connectivity index is 2.00. The van der Waals surface area contributed by atoms with Gasteiger partial charge in [0.1, 0.15) is 5.75 Å². The summed E-state index contributed by atoms with van der Waals surface area (Å²) in [5, 5.41) is 0. The predicted octanol–water partition coefficient (Wildman–Crippen LogP) is 3.43. The van der Waals surface area contributed by atoms with Gasteiger partial charge in [-0.2, -0.15) is 0 Å². The summed E-state index contributed by atoms with van der Waals surface area (Å²) in [5.41, 5.74) is 7.66. The molecule has 2 aliphatic rings. The fourth-order valence-corrected chi connectivity index (χ4v) is 4.29. The van der Waals surface area contributed by atoms with Crippen LogP contribution in [0.1, 0.15) is 39.5 Å². The summed E-state index contributed by atoms with van der Waals surface area (Å²) in [7, 11) is 0. The van der Waals surface area contributed by atoms with Crippen molar-refractivity contribution in [1.29, 1.82) is 0 Å². The van der Waals surface area contributed by atoms with E-state index in [4.69, 9.17) is 10.5 Å². The molecule has 3 heteroatoms. The smallest absolute Gasteiger partial charge is 0.142 e. The summed E-state index contributed by atoms with van der Waals surface area (Å²) >= 11 is 0. The Labute approximate surface area is 128 Å². The van der Waals surface area contributed by atoms with Crippen LogP contribution >= 0.6 is 0 Å². The van der Waals surface area contributed by atoms with E-state index in [0.29, 0.717) is 5.92 Å². The van der Waals surface area contributed by atoms with Gasteiger partial charge >= 0.3 is 0 Å². The Morgan fingerprint density at radius 3 is 2.90 bits per heavy atom. The maximum atomic E-state index is 6.33. The van der Waals surface area contributed by atoms with Gasteiger partial charge in [0, 0.05) is 13.1 Å². The zero-order valence-electron chi connectivity index (χ0n) is 13.3. The molecule has 21 heavy (non-hydrogen) atoms. The van der Waals surface area contributed by atoms with Crippen molar-refractivity contribution in [2.75, 3.05) is 24.6 Å². The van der Waals surface area contributed by atoms with Gasteiger partial charge in [-0.25, -0.2) is 0 Å². The first-order chi connectivity index (χ1) is 10.2. The largest absolute Gasteiger partial charge is 0.491 e. The number of para-hydroxylation sites is 2. The number of hydrogen-bond acceptors (Lipinski definition) is 3. The Kier molecular flexibility index (Phi) is 4.12. The minimum absolute atomic E-state index is 0.0936. The van der Waals surface area contributed by atoms with E-state index in [2.05, 4.69) is 43.0 Å². The molecule has 1 aliphatic heterocycles. The van der Waals surface area contributed by atoms with Crippen molar-refractivity contribution in [2.45, 2.75) is 45.1 Å². The minimum Gasteiger partial charge on any atom is -0.491 e. The SMILES string of the molecule is CC1CCC(CN)(N2CCCOc3ccccc32)C(C)C1. The molecular formula is C18H28N2O. The molecule has 0 spiro atoms. The molecular weight excluding hydrogens is 260 g/mol. The van der Waals surface area contributed by atoms with Crippen molar-refractivity contribution in [3.05, 3.63) is 24.3 Å². The van der Waals surface area contributed by atoms with Crippen LogP contribution in [0.15, 0.2) is 24.3 Å². The summed E-state index contributed by atoms with van der Waals surface area (Å²) in [5.74, 6) is 2.46. The average Bonchev–Trinajstić information content (AvgIpc) is 2.71. The minimum atomic E-state index is 0.0936. The van der Waals surface area contributed by atoms with Gasteiger partial charge in [0.2, 0.25) is 0 Å². The van der Waals surface area contributed by atoms with Crippen LogP contribution in [0.2, 0.25) is 0 Å². The summed E-state index contributed by atoms with van der Waals surface area (Å²) in [6.45, 7) is 7.34. The van der Waals surface area contributed by atoms with E-state index in [1.54, 1.807) is 0 Å². The van der Waals surface area contributed by atoms with Crippen LogP contribution in [0.3, 0.4) is 0 Å². The second kappa shape index (κ2) is 5.88. The Bertz CT molecular complexity index is 490. The number of nitrogens with zero attached hydrogens (tertiary/aromatic N) is 1. The molecule has 3 atom stereocenters. The first-order valence-corrected chi connectivity index (χ1v) is 8.37. The maximum Gasteiger partial charge on any atom is 0.142 e. The van der Waals surface area contributed by atoms with E-state index in [0.717, 1.165) is 37.8 Å². The van der Waals surface area contributed by atoms with Gasteiger partial charge in [-0.05, 0) is 49.7 Å². The van der Waals surface area contributed by atoms with Gasteiger partial charge in [-0.3, -0.25) is 0 Å². The van der Waals surface area contributed by atoms with Crippen molar-refractivity contribution in [3.8, 4) is 5.75 Å². The topological polar surface area (TPSA) is 38.5 Å². The number of benzene rings is 1. The number of ether oxygens (including phenoxy) is 1. The summed E-state index contributed by atoms with van der Waals surface area (Å²) in [4.78, 5) is 2.58. The van der Waals surface area contributed by atoms with Crippen molar-refractivity contribution in [3.63, 3.8) is 0 Å². The van der Waals surface area contributed by atoms with Crippen LogP contribution < -0.4 is 15.4 Å². The molecule has 1 aliphatic carbocycles. The third-order valence-electron chi connectivity index (χ3n) is 5.57. The molecule has 2 N–H and O–H groups in total. The number of hydrogen-bond donors (Lipinski definition) is 1. The van der Waals surface area contributed by atoms with E-state index < -0.39 is 0 Å². The highest BCUT2D eigenvalue weighted by Gasteiger charge is 2.44. The predicted molar refractivity (Wildman–Crippen MR) is 87.9 cm³/mol. The first kappa shape index (κ1) is 14.7. The fraction of sp³-hybridized carbons (Fsp3) is 0.667. The van der Waals surface area contributed by atoms with Crippen LogP contribution in [0.4, 0.5) is 5.69 Å². The van der Waals surface area contributed by atoms with Gasteiger partial charge in [-0.15, -0.1) is 0 Å². The van der Waals surface area contributed by atoms with E-state index in [9.17, 15) is 0 Å². The van der Waals surface area contributed by atoms with Gasteiger partial charge < -0.3 is 15.4 Å². The number of fused-ring (bicyclic) bond motifs is 1. The van der Waals surface area contributed by atoms with Gasteiger partial charge in [-0.1, -0.05) is 26.0 Å². The molecule has 1 fully saturated rings. The third-order valence-corrected chi connectivity index (χ3v) is 5.57. The monoisotopic (exact) mass is 288 g/mol. The highest BCUT2D eigenvalue weighted by atomic mass is 16.5. The van der Waals surface area contributed by atoms with E-state index in [1.807, 2.05) is 0 Å². The molecule has 3 unspecified atom stereocenters. The molecule has 1 saturated carbocycles. The van der Waals surface area contributed by atoms with E-state index >= 15 is 0 Å². The van der Waals surface area contributed by atoms with Crippen molar-refractivity contribution >= 4 is 5.69 Å². The highest BCUT2D eigenvalue weighted by molar-refractivity contribution is 5.61. The van der Waals surface area contributed by atoms with Crippen LogP contribution in [0.25, 0.3) is 0 Å². The van der Waals surface area contributed by atoms with Crippen LogP contribution in [-0.4, -0.2) is 25.2 Å². The highest BCUT2D eigenvalue weighted by Crippen LogP contribution is 2.45. The second-order valence-corrected chi connectivity index (χ2v) is 6.91. The molecule has 3 nitrogen and oxygen atoms in total. The standard InChI is InChI=1S/C18H28N2O/c1-14-8-9-18(13-19,15(2)12-14)20-10-5-11-21-17-7-4-3-6-16(17)20/h3-4,6-7,14-15H,5,8-13,19H2,1-2H3. The molecule has 3 rings (SSSR count). The summed E-state index contributed by atoms with van der Waals surface area (Å²) < 4.78 is 5.93. The lowest BCUT2D eigenvalue weighted by Crippen LogP contribution is -2.60. The molecule has 0 amide bonds. The zero-order chi connectivity index (χ0) is 14.9. The fourth-order valence-electron chi connectivity index (χ4n) is 4.29. The number of nitrogens with two attached hydrogens (primary N) is 1. The molecule has 0 aromatic heterocycles. The van der Waals surface area contributed by atoms with Crippen LogP contribution in [0, 0.1) is 11.8 Å². The molecule has 1 heterocycles. The summed E-state index contributed by atoms with van der Waals surface area (Å²) in [6, 6.07) is 8.46. The van der Waals surface area contributed by atoms with Crippen LogP contribution in [-0.2, 0) is 0 Å². The Morgan fingerprint density at radius 1 is 1.33 bits per heavy atom. The Morgan fingerprint density at radius 2 is 2.14 bits per heavy atom. The maximum absolute atomic E-state index is 6.33. The first-order valence-electron chi connectivity index (χ1n) is 8.37. The van der Waals surface area contributed by atoms with Gasteiger partial charge in [0.25, 0.3) is 0 Å². The Hall–Kier alpha value is -1.22. The van der Waals surface area contributed by atoms with E-state index in [-0.39, 0.29) is 5.54 Å². The third kappa shape index (κ3) is 2.52. The lowest BCUT2D eigenvalue weighted by Gasteiger charge is -2.52.